The van der Waals surface area contributed by atoms with Gasteiger partial charge in [-0.05, 0) is 12.1 Å². The molecule has 7 heteroatoms. The second-order valence-electron chi connectivity index (χ2n) is 1.82. The number of benzene rings is 1. The number of hydrogen-bond donors (Lipinski definition) is 2. The van der Waals surface area contributed by atoms with Crippen molar-refractivity contribution >= 4 is 5.97 Å². The number of aromatic hydroxyl groups is 1. The van der Waals surface area contributed by atoms with E-state index in [0.29, 0.717) is 0 Å². The van der Waals surface area contributed by atoms with Crippen LogP contribution in [0.4, 0.5) is 0 Å². The summed E-state index contributed by atoms with van der Waals surface area (Å²) in [5, 5.41) is 17.3. The molecule has 0 amide bonds. The van der Waals surface area contributed by atoms with Gasteiger partial charge in [-0.1, -0.05) is 12.1 Å². The van der Waals surface area contributed by atoms with Crippen LogP contribution in [0.15, 0.2) is 24.3 Å². The molecule has 0 aliphatic rings. The molecule has 0 saturated heterocycles. The molecule has 0 bridgehead atoms. The van der Waals surface area contributed by atoms with E-state index >= 15 is 0 Å². The van der Waals surface area contributed by atoms with E-state index in [2.05, 4.69) is 0 Å². The average Bonchev–Trinajstić information content (AvgIpc) is 1.88. The molecular weight excluding hydrogens is 196 g/mol. The molecule has 0 saturated carbocycles. The van der Waals surface area contributed by atoms with Gasteiger partial charge in [0.15, 0.2) is 0 Å². The fourth-order valence-electron chi connectivity index (χ4n) is 0.654. The first-order valence-corrected chi connectivity index (χ1v) is 2.73. The average molecular weight is 210 g/mol. The third-order valence-electron chi connectivity index (χ3n) is 1.13. The maximum absolute atomic E-state index is 10.3. The monoisotopic (exact) mass is 210 g/mol. The molecule has 0 aromatic heterocycles. The van der Waals surface area contributed by atoms with E-state index in [1.165, 1.54) is 12.1 Å². The fraction of sp³-hybridized carbons (Fsp3) is 0. The molecule has 1 aromatic rings. The summed E-state index contributed by atoms with van der Waals surface area (Å²) in [5.74, 6) is -1.31. The van der Waals surface area contributed by atoms with Gasteiger partial charge in [0.1, 0.15) is 11.3 Å². The standard InChI is InChI=1S/C7H6O3.4H2O/c8-6-4-2-1-3-5(6)7(9)10;;;;/h1-4,8H,(H,9,10);4*1H2. The van der Waals surface area contributed by atoms with Crippen molar-refractivity contribution in [3.05, 3.63) is 29.8 Å². The lowest BCUT2D eigenvalue weighted by Crippen LogP contribution is -1.95. The molecule has 84 valence electrons. The Morgan fingerprint density at radius 3 is 1.71 bits per heavy atom. The zero-order valence-electron chi connectivity index (χ0n) is 7.11. The smallest absolute Gasteiger partial charge is 0.339 e. The summed E-state index contributed by atoms with van der Waals surface area (Å²) in [7, 11) is 0. The van der Waals surface area contributed by atoms with Gasteiger partial charge in [0.25, 0.3) is 0 Å². The quantitative estimate of drug-likeness (QED) is 0.533. The van der Waals surface area contributed by atoms with Crippen LogP contribution in [0.25, 0.3) is 0 Å². The number of rotatable bonds is 1. The summed E-state index contributed by atoms with van der Waals surface area (Å²) in [4.78, 5) is 10.3. The molecule has 0 spiro atoms. The fourth-order valence-corrected chi connectivity index (χ4v) is 0.654. The van der Waals surface area contributed by atoms with E-state index in [9.17, 15) is 4.79 Å². The Kier molecular flexibility index (Phi) is 15.3. The molecular formula is C7H14O7. The third-order valence-corrected chi connectivity index (χ3v) is 1.13. The van der Waals surface area contributed by atoms with Crippen LogP contribution in [0.5, 0.6) is 5.75 Å². The molecule has 7 nitrogen and oxygen atoms in total. The Morgan fingerprint density at radius 1 is 1.00 bits per heavy atom. The highest BCUT2D eigenvalue weighted by Gasteiger charge is 2.05. The minimum absolute atomic E-state index is 0. The van der Waals surface area contributed by atoms with Crippen molar-refractivity contribution in [2.24, 2.45) is 0 Å². The molecule has 0 heterocycles. The van der Waals surface area contributed by atoms with Crippen LogP contribution in [0.1, 0.15) is 10.4 Å². The predicted molar refractivity (Wildman–Crippen MR) is 49.5 cm³/mol. The molecule has 10 N–H and O–H groups in total. The Morgan fingerprint density at radius 2 is 1.43 bits per heavy atom. The molecule has 14 heavy (non-hydrogen) atoms. The zero-order valence-corrected chi connectivity index (χ0v) is 7.11. The zero-order chi connectivity index (χ0) is 7.56. The number of carboxylic acids is 1. The van der Waals surface area contributed by atoms with E-state index in [1.807, 2.05) is 0 Å². The van der Waals surface area contributed by atoms with Crippen LogP contribution in [0.2, 0.25) is 0 Å². The first-order valence-electron chi connectivity index (χ1n) is 2.73. The summed E-state index contributed by atoms with van der Waals surface area (Å²) in [6.45, 7) is 0. The first kappa shape index (κ1) is 22.8. The molecule has 1 rings (SSSR count). The number of phenols is 1. The molecule has 0 aliphatic heterocycles. The summed E-state index contributed by atoms with van der Waals surface area (Å²) in [6, 6.07) is 5.81. The maximum Gasteiger partial charge on any atom is 0.339 e. The van der Waals surface area contributed by atoms with Crippen molar-refractivity contribution in [2.75, 3.05) is 0 Å². The molecule has 0 radical (unpaired) electrons. The summed E-state index contributed by atoms with van der Waals surface area (Å²) in [5.41, 5.74) is -0.0671. The first-order chi connectivity index (χ1) is 4.72. The van der Waals surface area contributed by atoms with Crippen LogP contribution < -0.4 is 0 Å². The van der Waals surface area contributed by atoms with E-state index < -0.39 is 5.97 Å². The van der Waals surface area contributed by atoms with Gasteiger partial charge in [-0.25, -0.2) is 4.79 Å². The van der Waals surface area contributed by atoms with Gasteiger partial charge < -0.3 is 32.1 Å². The SMILES string of the molecule is O.O.O.O.O=C(O)c1ccccc1O. The number of para-hydroxylation sites is 1. The van der Waals surface area contributed by atoms with E-state index in [1.54, 1.807) is 12.1 Å². The van der Waals surface area contributed by atoms with Crippen molar-refractivity contribution in [1.82, 2.24) is 0 Å². The molecule has 0 atom stereocenters. The molecule has 0 unspecified atom stereocenters. The van der Waals surface area contributed by atoms with Crippen molar-refractivity contribution in [1.29, 1.82) is 0 Å². The topological polar surface area (TPSA) is 184 Å². The minimum atomic E-state index is -1.11. The largest absolute Gasteiger partial charge is 0.507 e. The predicted octanol–water partition coefficient (Wildman–Crippen LogP) is -2.21. The molecule has 1 aromatic carbocycles. The number of carboxylic acid groups (broad SMARTS) is 1. The highest BCUT2D eigenvalue weighted by atomic mass is 16.4. The van der Waals surface area contributed by atoms with Crippen molar-refractivity contribution < 1.29 is 36.9 Å². The highest BCUT2D eigenvalue weighted by molar-refractivity contribution is 5.90. The summed E-state index contributed by atoms with van der Waals surface area (Å²) < 4.78 is 0. The molecule has 0 fully saturated rings. The van der Waals surface area contributed by atoms with Gasteiger partial charge in [0.2, 0.25) is 0 Å². The van der Waals surface area contributed by atoms with E-state index in [-0.39, 0.29) is 33.2 Å². The van der Waals surface area contributed by atoms with E-state index in [4.69, 9.17) is 10.2 Å². The Labute approximate surface area is 79.5 Å². The maximum atomic E-state index is 10.3. The van der Waals surface area contributed by atoms with Crippen LogP contribution in [0.3, 0.4) is 0 Å². The van der Waals surface area contributed by atoms with Crippen molar-refractivity contribution in [3.8, 4) is 5.75 Å². The number of hydrogen-bond acceptors (Lipinski definition) is 2. The van der Waals surface area contributed by atoms with Crippen LogP contribution in [-0.2, 0) is 0 Å². The van der Waals surface area contributed by atoms with Crippen molar-refractivity contribution in [2.45, 2.75) is 0 Å². The van der Waals surface area contributed by atoms with Gasteiger partial charge in [-0.15, -0.1) is 0 Å². The lowest BCUT2D eigenvalue weighted by Gasteiger charge is -1.95. The van der Waals surface area contributed by atoms with Crippen LogP contribution in [0, 0.1) is 0 Å². The summed E-state index contributed by atoms with van der Waals surface area (Å²) in [6.07, 6.45) is 0. The van der Waals surface area contributed by atoms with Gasteiger partial charge in [0.05, 0.1) is 0 Å². The molecule has 0 aliphatic carbocycles. The highest BCUT2D eigenvalue weighted by Crippen LogP contribution is 2.14. The van der Waals surface area contributed by atoms with Gasteiger partial charge >= 0.3 is 5.97 Å². The van der Waals surface area contributed by atoms with Gasteiger partial charge in [-0.3, -0.25) is 0 Å². The third kappa shape index (κ3) is 5.06. The normalized spacial score (nSPS) is 6.57. The van der Waals surface area contributed by atoms with Gasteiger partial charge in [-0.2, -0.15) is 0 Å². The minimum Gasteiger partial charge on any atom is -0.507 e. The number of carbonyl (C=O) groups is 1. The second-order valence-corrected chi connectivity index (χ2v) is 1.82. The van der Waals surface area contributed by atoms with Gasteiger partial charge in [0, 0.05) is 0 Å². The Balaban J connectivity index is -0.000000125. The lowest BCUT2D eigenvalue weighted by atomic mass is 10.2. The van der Waals surface area contributed by atoms with Crippen molar-refractivity contribution in [3.63, 3.8) is 0 Å². The number of aromatic carboxylic acids is 1. The lowest BCUT2D eigenvalue weighted by molar-refractivity contribution is 0.0693. The summed E-state index contributed by atoms with van der Waals surface area (Å²) >= 11 is 0. The Hall–Kier alpha value is -1.67. The van der Waals surface area contributed by atoms with Crippen LogP contribution >= 0.6 is 0 Å². The Bertz CT molecular complexity index is 260. The van der Waals surface area contributed by atoms with Crippen LogP contribution in [-0.4, -0.2) is 38.1 Å². The van der Waals surface area contributed by atoms with E-state index in [0.717, 1.165) is 0 Å². The second kappa shape index (κ2) is 9.42.